The molecule has 3 heterocycles. The molecule has 144 valence electrons. The van der Waals surface area contributed by atoms with Crippen molar-refractivity contribution in [1.82, 2.24) is 14.8 Å². The lowest BCUT2D eigenvalue weighted by Gasteiger charge is -2.53. The molecule has 2 unspecified atom stereocenters. The fourth-order valence-corrected chi connectivity index (χ4v) is 4.31. The molecule has 2 saturated heterocycles. The van der Waals surface area contributed by atoms with Gasteiger partial charge in [-0.15, -0.1) is 0 Å². The van der Waals surface area contributed by atoms with Crippen LogP contribution in [0.2, 0.25) is 0 Å². The lowest BCUT2D eigenvalue weighted by atomic mass is 9.87. The smallest absolute Gasteiger partial charge is 0.253 e. The lowest BCUT2D eigenvalue weighted by Crippen LogP contribution is -2.60. The van der Waals surface area contributed by atoms with Gasteiger partial charge in [0.05, 0.1) is 23.8 Å². The van der Waals surface area contributed by atoms with Crippen molar-refractivity contribution < 1.29 is 9.53 Å². The number of methoxy groups -OCH3 is 1. The number of pyridine rings is 1. The van der Waals surface area contributed by atoms with Crippen molar-refractivity contribution >= 4 is 5.91 Å². The molecule has 2 aliphatic rings. The molecule has 28 heavy (non-hydrogen) atoms. The molecule has 0 bridgehead atoms. The minimum absolute atomic E-state index is 0.0481. The van der Waals surface area contributed by atoms with E-state index in [1.54, 1.807) is 31.4 Å². The van der Waals surface area contributed by atoms with Gasteiger partial charge in [0.25, 0.3) is 5.91 Å². The Morgan fingerprint density at radius 3 is 2.43 bits per heavy atom. The molecule has 6 heteroatoms. The van der Waals surface area contributed by atoms with Gasteiger partial charge >= 0.3 is 0 Å². The van der Waals surface area contributed by atoms with Gasteiger partial charge in [-0.25, -0.2) is 0 Å². The molecule has 1 aromatic carbocycles. The molecular formula is C22H24N4O2. The molecule has 4 rings (SSSR count). The topological polar surface area (TPSA) is 69.5 Å². The summed E-state index contributed by atoms with van der Waals surface area (Å²) >= 11 is 0. The minimum Gasteiger partial charge on any atom is -0.378 e. The average molecular weight is 376 g/mol. The SMILES string of the molecule is COC1CN(C2CCN(C(=O)c3ccc(C#N)cc3)CC2)C1c1ccncc1. The Labute approximate surface area is 165 Å². The first-order valence-corrected chi connectivity index (χ1v) is 9.69. The van der Waals surface area contributed by atoms with Crippen LogP contribution < -0.4 is 0 Å². The van der Waals surface area contributed by atoms with Crippen LogP contribution in [0.15, 0.2) is 48.8 Å². The second kappa shape index (κ2) is 8.09. The molecule has 0 spiro atoms. The van der Waals surface area contributed by atoms with Crippen LogP contribution in [0, 0.1) is 11.3 Å². The number of carbonyl (C=O) groups is 1. The zero-order chi connectivity index (χ0) is 19.5. The van der Waals surface area contributed by atoms with E-state index in [1.807, 2.05) is 17.3 Å². The van der Waals surface area contributed by atoms with E-state index in [4.69, 9.17) is 10.00 Å². The Bertz CT molecular complexity index is 854. The summed E-state index contributed by atoms with van der Waals surface area (Å²) < 4.78 is 5.66. The molecule has 2 aliphatic heterocycles. The maximum atomic E-state index is 12.7. The number of hydrogen-bond donors (Lipinski definition) is 0. The van der Waals surface area contributed by atoms with Crippen LogP contribution in [0.3, 0.4) is 0 Å². The van der Waals surface area contributed by atoms with Crippen LogP contribution in [0.4, 0.5) is 0 Å². The normalized spacial score (nSPS) is 23.1. The highest BCUT2D eigenvalue weighted by atomic mass is 16.5. The number of likely N-dealkylation sites (tertiary alicyclic amines) is 2. The molecule has 0 saturated carbocycles. The first kappa shape index (κ1) is 18.6. The summed E-state index contributed by atoms with van der Waals surface area (Å²) in [5.74, 6) is 0.0481. The number of amides is 1. The van der Waals surface area contributed by atoms with E-state index in [-0.39, 0.29) is 18.1 Å². The number of hydrogen-bond acceptors (Lipinski definition) is 5. The summed E-state index contributed by atoms with van der Waals surface area (Å²) in [7, 11) is 1.77. The molecular weight excluding hydrogens is 352 g/mol. The van der Waals surface area contributed by atoms with E-state index in [0.29, 0.717) is 17.2 Å². The standard InChI is InChI=1S/C22H24N4O2/c1-28-20-15-26(21(20)17-6-10-24-11-7-17)19-8-12-25(13-9-19)22(27)18-4-2-16(14-23)3-5-18/h2-7,10-11,19-21H,8-9,12-13,15H2,1H3. The van der Waals surface area contributed by atoms with Gasteiger partial charge in [-0.05, 0) is 54.8 Å². The first-order valence-electron chi connectivity index (χ1n) is 9.69. The molecule has 0 radical (unpaired) electrons. The third kappa shape index (κ3) is 3.51. The van der Waals surface area contributed by atoms with Crippen LogP contribution in [0.5, 0.6) is 0 Å². The maximum Gasteiger partial charge on any atom is 0.253 e. The molecule has 2 fully saturated rings. The highest BCUT2D eigenvalue weighted by Gasteiger charge is 2.44. The fourth-order valence-electron chi connectivity index (χ4n) is 4.31. The molecule has 0 N–H and O–H groups in total. The van der Waals surface area contributed by atoms with E-state index in [1.165, 1.54) is 5.56 Å². The average Bonchev–Trinajstić information content (AvgIpc) is 2.74. The summed E-state index contributed by atoms with van der Waals surface area (Å²) in [5.41, 5.74) is 2.46. The molecule has 0 aliphatic carbocycles. The molecule has 1 aromatic heterocycles. The summed E-state index contributed by atoms with van der Waals surface area (Å²) in [6, 6.07) is 13.8. The van der Waals surface area contributed by atoms with Crippen molar-refractivity contribution in [3.05, 3.63) is 65.5 Å². The Morgan fingerprint density at radius 1 is 1.14 bits per heavy atom. The van der Waals surface area contributed by atoms with Crippen molar-refractivity contribution in [3.8, 4) is 6.07 Å². The van der Waals surface area contributed by atoms with E-state index in [0.717, 1.165) is 32.5 Å². The zero-order valence-corrected chi connectivity index (χ0v) is 16.0. The molecule has 2 aromatic rings. The first-order chi connectivity index (χ1) is 13.7. The number of aromatic nitrogens is 1. The molecule has 6 nitrogen and oxygen atoms in total. The van der Waals surface area contributed by atoms with Gasteiger partial charge in [-0.3, -0.25) is 14.7 Å². The van der Waals surface area contributed by atoms with Crippen molar-refractivity contribution in [3.63, 3.8) is 0 Å². The lowest BCUT2D eigenvalue weighted by molar-refractivity contribution is -0.115. The number of rotatable bonds is 4. The number of nitrogens with zero attached hydrogens (tertiary/aromatic N) is 4. The van der Waals surface area contributed by atoms with Crippen LogP contribution in [0.1, 0.15) is 40.4 Å². The van der Waals surface area contributed by atoms with Gasteiger partial charge in [0.15, 0.2) is 0 Å². The second-order valence-corrected chi connectivity index (χ2v) is 7.41. The second-order valence-electron chi connectivity index (χ2n) is 7.41. The van der Waals surface area contributed by atoms with E-state index in [9.17, 15) is 4.79 Å². The number of piperidine rings is 1. The van der Waals surface area contributed by atoms with Gasteiger partial charge in [0.2, 0.25) is 0 Å². The number of carbonyl (C=O) groups excluding carboxylic acids is 1. The van der Waals surface area contributed by atoms with Crippen molar-refractivity contribution in [2.45, 2.75) is 31.0 Å². The number of nitriles is 1. The van der Waals surface area contributed by atoms with Crippen molar-refractivity contribution in [1.29, 1.82) is 5.26 Å². The van der Waals surface area contributed by atoms with Gasteiger partial charge < -0.3 is 9.64 Å². The van der Waals surface area contributed by atoms with Gasteiger partial charge in [0.1, 0.15) is 0 Å². The summed E-state index contributed by atoms with van der Waals surface area (Å²) in [5, 5.41) is 8.90. The quantitative estimate of drug-likeness (QED) is 0.820. The molecule has 2 atom stereocenters. The molecule has 1 amide bonds. The minimum atomic E-state index is 0.0481. The van der Waals surface area contributed by atoms with Gasteiger partial charge in [0, 0.05) is 50.7 Å². The third-order valence-electron chi connectivity index (χ3n) is 5.93. The predicted octanol–water partition coefficient (Wildman–Crippen LogP) is 2.63. The van der Waals surface area contributed by atoms with Gasteiger partial charge in [-0.1, -0.05) is 0 Å². The highest BCUT2D eigenvalue weighted by Crippen LogP contribution is 2.39. The largest absolute Gasteiger partial charge is 0.378 e. The Balaban J connectivity index is 1.38. The zero-order valence-electron chi connectivity index (χ0n) is 16.0. The monoisotopic (exact) mass is 376 g/mol. The van der Waals surface area contributed by atoms with E-state index in [2.05, 4.69) is 28.1 Å². The van der Waals surface area contributed by atoms with Crippen LogP contribution in [-0.2, 0) is 4.74 Å². The summed E-state index contributed by atoms with van der Waals surface area (Å²) in [6.07, 6.45) is 5.79. The predicted molar refractivity (Wildman–Crippen MR) is 105 cm³/mol. The van der Waals surface area contributed by atoms with Crippen molar-refractivity contribution in [2.24, 2.45) is 0 Å². The summed E-state index contributed by atoms with van der Waals surface area (Å²) in [6.45, 7) is 2.43. The van der Waals surface area contributed by atoms with Crippen LogP contribution in [0.25, 0.3) is 0 Å². The fraction of sp³-hybridized carbons (Fsp3) is 0.409. The highest BCUT2D eigenvalue weighted by molar-refractivity contribution is 5.94. The Morgan fingerprint density at radius 2 is 1.82 bits per heavy atom. The number of benzene rings is 1. The summed E-state index contributed by atoms with van der Waals surface area (Å²) in [4.78, 5) is 21.3. The third-order valence-corrected chi connectivity index (χ3v) is 5.93. The Kier molecular flexibility index (Phi) is 5.38. The Hall–Kier alpha value is -2.75. The maximum absolute atomic E-state index is 12.7. The number of ether oxygens (including phenoxy) is 1. The van der Waals surface area contributed by atoms with Gasteiger partial charge in [-0.2, -0.15) is 5.26 Å². The van der Waals surface area contributed by atoms with Crippen LogP contribution in [-0.4, -0.2) is 59.6 Å². The van der Waals surface area contributed by atoms with E-state index >= 15 is 0 Å². The van der Waals surface area contributed by atoms with Crippen molar-refractivity contribution in [2.75, 3.05) is 26.7 Å². The van der Waals surface area contributed by atoms with Crippen LogP contribution >= 0.6 is 0 Å². The van der Waals surface area contributed by atoms with E-state index < -0.39 is 0 Å².